The average Bonchev–Trinajstić information content (AvgIpc) is 3.39. The minimum Gasteiger partial charge on any atom is -0.394 e. The van der Waals surface area contributed by atoms with Gasteiger partial charge in [-0.05, 0) is 51.4 Å². The molecule has 72 heavy (non-hydrogen) atoms. The molecule has 0 fully saturated rings. The van der Waals surface area contributed by atoms with Crippen molar-refractivity contribution in [3.05, 3.63) is 48.6 Å². The van der Waals surface area contributed by atoms with Gasteiger partial charge in [-0.2, -0.15) is 0 Å². The third-order valence-electron chi connectivity index (χ3n) is 15.4. The summed E-state index contributed by atoms with van der Waals surface area (Å²) < 4.78 is 0. The van der Waals surface area contributed by atoms with Crippen LogP contribution in [0.5, 0.6) is 0 Å². The molecule has 0 aliphatic heterocycles. The number of rotatable bonds is 61. The highest BCUT2D eigenvalue weighted by Crippen LogP contribution is 2.19. The summed E-state index contributed by atoms with van der Waals surface area (Å²) in [6.45, 7) is 4.29. The SMILES string of the molecule is CC/C=C\C/C=C\C/C=C\C/C=C\CCCCCCCCCCCCCCCCCCCCCCC(=O)NC(CO)C(O)CCCCCCCCCCCCCCCCCCCCCCCCCCCCC. The van der Waals surface area contributed by atoms with E-state index in [4.69, 9.17) is 0 Å². The molecule has 0 aliphatic rings. The van der Waals surface area contributed by atoms with Crippen LogP contribution in [-0.4, -0.2) is 34.9 Å². The van der Waals surface area contributed by atoms with E-state index in [9.17, 15) is 15.0 Å². The number of amides is 1. The fourth-order valence-electron chi connectivity index (χ4n) is 10.4. The van der Waals surface area contributed by atoms with Crippen LogP contribution in [0, 0.1) is 0 Å². The standard InChI is InChI=1S/C68H129NO3/c1-3-5-7-9-11-13-15-17-19-21-23-25-27-29-31-32-33-34-35-36-38-40-42-44-46-48-50-52-54-56-58-60-62-64-68(72)69-66(65-70)67(71)63-61-59-57-55-53-51-49-47-45-43-41-39-37-30-28-26-24-22-20-18-16-14-12-10-8-6-4-2/h5,7,11,13,17,19,23,25,66-67,70-71H,3-4,6,8-10,12,14-16,18,20-22,24,26-65H2,1-2H3,(H,69,72)/b7-5-,13-11-,19-17-,25-23-. The van der Waals surface area contributed by atoms with Crippen LogP contribution in [0.4, 0.5) is 0 Å². The fraction of sp³-hybridized carbons (Fsp3) is 0.868. The van der Waals surface area contributed by atoms with Crippen LogP contribution in [-0.2, 0) is 4.79 Å². The predicted octanol–water partition coefficient (Wildman–Crippen LogP) is 22.2. The monoisotopic (exact) mass is 1010 g/mol. The number of nitrogens with one attached hydrogen (secondary N) is 1. The molecule has 1 amide bonds. The zero-order valence-electron chi connectivity index (χ0n) is 49.0. The molecule has 0 aliphatic carbocycles. The van der Waals surface area contributed by atoms with Crippen molar-refractivity contribution in [1.29, 1.82) is 0 Å². The maximum absolute atomic E-state index is 12.5. The number of hydrogen-bond donors (Lipinski definition) is 3. The Balaban J connectivity index is 3.40. The molecule has 0 aromatic rings. The molecule has 0 saturated carbocycles. The summed E-state index contributed by atoms with van der Waals surface area (Å²) in [7, 11) is 0. The van der Waals surface area contributed by atoms with E-state index >= 15 is 0 Å². The van der Waals surface area contributed by atoms with Crippen molar-refractivity contribution in [2.75, 3.05) is 6.61 Å². The summed E-state index contributed by atoms with van der Waals surface area (Å²) in [5.41, 5.74) is 0. The molecule has 0 rings (SSSR count). The van der Waals surface area contributed by atoms with Gasteiger partial charge in [0.25, 0.3) is 0 Å². The summed E-state index contributed by atoms with van der Waals surface area (Å²) in [6.07, 6.45) is 88.6. The van der Waals surface area contributed by atoms with Crippen LogP contribution in [0.2, 0.25) is 0 Å². The molecule has 0 aromatic heterocycles. The summed E-state index contributed by atoms with van der Waals surface area (Å²) in [5.74, 6) is -0.0243. The zero-order valence-corrected chi connectivity index (χ0v) is 49.0. The van der Waals surface area contributed by atoms with Crippen LogP contribution in [0.25, 0.3) is 0 Å². The Kier molecular flexibility index (Phi) is 62.2. The van der Waals surface area contributed by atoms with Gasteiger partial charge in [-0.3, -0.25) is 4.79 Å². The Labute approximate surface area is 452 Å². The molecular weight excluding hydrogens is 879 g/mol. The van der Waals surface area contributed by atoms with Crippen LogP contribution < -0.4 is 5.32 Å². The van der Waals surface area contributed by atoms with E-state index in [2.05, 4.69) is 67.8 Å². The molecule has 424 valence electrons. The Bertz CT molecular complexity index is 1140. The molecule has 0 heterocycles. The lowest BCUT2D eigenvalue weighted by Gasteiger charge is -2.22. The van der Waals surface area contributed by atoms with Gasteiger partial charge in [0.2, 0.25) is 5.91 Å². The molecule has 0 radical (unpaired) electrons. The highest BCUT2D eigenvalue weighted by atomic mass is 16.3. The Morgan fingerprint density at radius 3 is 0.917 bits per heavy atom. The lowest BCUT2D eigenvalue weighted by Crippen LogP contribution is -2.45. The van der Waals surface area contributed by atoms with Gasteiger partial charge in [0.1, 0.15) is 0 Å². The van der Waals surface area contributed by atoms with E-state index in [1.165, 1.54) is 283 Å². The largest absolute Gasteiger partial charge is 0.394 e. The van der Waals surface area contributed by atoms with Crippen LogP contribution in [0.15, 0.2) is 48.6 Å². The van der Waals surface area contributed by atoms with E-state index in [0.717, 1.165) is 51.4 Å². The second-order valence-electron chi connectivity index (χ2n) is 22.5. The van der Waals surface area contributed by atoms with Crippen molar-refractivity contribution in [2.24, 2.45) is 0 Å². The Morgan fingerprint density at radius 2 is 0.611 bits per heavy atom. The predicted molar refractivity (Wildman–Crippen MR) is 322 cm³/mol. The van der Waals surface area contributed by atoms with Crippen molar-refractivity contribution >= 4 is 5.91 Å². The fourth-order valence-corrected chi connectivity index (χ4v) is 10.4. The molecule has 0 spiro atoms. The lowest BCUT2D eigenvalue weighted by molar-refractivity contribution is -0.123. The minimum absolute atomic E-state index is 0.0243. The van der Waals surface area contributed by atoms with Crippen LogP contribution >= 0.6 is 0 Å². The maximum Gasteiger partial charge on any atom is 0.220 e. The second-order valence-corrected chi connectivity index (χ2v) is 22.5. The third-order valence-corrected chi connectivity index (χ3v) is 15.4. The van der Waals surface area contributed by atoms with Crippen molar-refractivity contribution in [3.63, 3.8) is 0 Å². The van der Waals surface area contributed by atoms with E-state index in [1.54, 1.807) is 0 Å². The van der Waals surface area contributed by atoms with Crippen molar-refractivity contribution < 1.29 is 15.0 Å². The molecule has 4 nitrogen and oxygen atoms in total. The van der Waals surface area contributed by atoms with E-state index < -0.39 is 12.1 Å². The van der Waals surface area contributed by atoms with Crippen molar-refractivity contribution in [2.45, 2.75) is 373 Å². The highest BCUT2D eigenvalue weighted by Gasteiger charge is 2.20. The smallest absolute Gasteiger partial charge is 0.220 e. The number of carbonyl (C=O) groups is 1. The first-order valence-corrected chi connectivity index (χ1v) is 32.8. The number of allylic oxidation sites excluding steroid dienone is 8. The first kappa shape index (κ1) is 70.3. The Hall–Kier alpha value is -1.65. The van der Waals surface area contributed by atoms with E-state index in [-0.39, 0.29) is 12.5 Å². The first-order chi connectivity index (χ1) is 35.7. The third kappa shape index (κ3) is 59.2. The van der Waals surface area contributed by atoms with Crippen LogP contribution in [0.1, 0.15) is 361 Å². The molecule has 2 unspecified atom stereocenters. The number of aliphatic hydroxyl groups is 2. The molecule has 0 saturated heterocycles. The maximum atomic E-state index is 12.5. The van der Waals surface area contributed by atoms with Crippen molar-refractivity contribution in [3.8, 4) is 0 Å². The lowest BCUT2D eigenvalue weighted by atomic mass is 10.0. The summed E-state index contributed by atoms with van der Waals surface area (Å²) in [6, 6.07) is -0.537. The minimum atomic E-state index is -0.660. The van der Waals surface area contributed by atoms with Gasteiger partial charge >= 0.3 is 0 Å². The molecule has 0 aromatic carbocycles. The second kappa shape index (κ2) is 63.6. The number of carbonyl (C=O) groups excluding carboxylic acids is 1. The number of aliphatic hydroxyl groups excluding tert-OH is 2. The normalized spacial score (nSPS) is 13.0. The van der Waals surface area contributed by atoms with Gasteiger partial charge < -0.3 is 15.5 Å². The van der Waals surface area contributed by atoms with Crippen molar-refractivity contribution in [1.82, 2.24) is 5.32 Å². The average molecular weight is 1010 g/mol. The highest BCUT2D eigenvalue weighted by molar-refractivity contribution is 5.76. The van der Waals surface area contributed by atoms with E-state index in [1.807, 2.05) is 0 Å². The molecule has 3 N–H and O–H groups in total. The summed E-state index contributed by atoms with van der Waals surface area (Å²) in [4.78, 5) is 12.5. The Morgan fingerprint density at radius 1 is 0.347 bits per heavy atom. The van der Waals surface area contributed by atoms with Gasteiger partial charge in [0.05, 0.1) is 18.8 Å². The summed E-state index contributed by atoms with van der Waals surface area (Å²) in [5, 5.41) is 23.4. The first-order valence-electron chi connectivity index (χ1n) is 32.8. The number of hydrogen-bond acceptors (Lipinski definition) is 3. The number of unbranched alkanes of at least 4 members (excludes halogenated alkanes) is 46. The van der Waals surface area contributed by atoms with Gasteiger partial charge in [-0.25, -0.2) is 0 Å². The van der Waals surface area contributed by atoms with Gasteiger partial charge in [0.15, 0.2) is 0 Å². The van der Waals surface area contributed by atoms with Gasteiger partial charge in [0, 0.05) is 6.42 Å². The zero-order chi connectivity index (χ0) is 52.0. The summed E-state index contributed by atoms with van der Waals surface area (Å²) >= 11 is 0. The van der Waals surface area contributed by atoms with E-state index in [0.29, 0.717) is 12.8 Å². The van der Waals surface area contributed by atoms with Gasteiger partial charge in [-0.15, -0.1) is 0 Å². The van der Waals surface area contributed by atoms with Gasteiger partial charge in [-0.1, -0.05) is 351 Å². The molecular formula is C68H129NO3. The quantitative estimate of drug-likeness (QED) is 0.0420. The topological polar surface area (TPSA) is 69.6 Å². The molecule has 2 atom stereocenters. The van der Waals surface area contributed by atoms with Crippen LogP contribution in [0.3, 0.4) is 0 Å². The molecule has 0 bridgehead atoms. The molecule has 4 heteroatoms.